The van der Waals surface area contributed by atoms with Gasteiger partial charge >= 0.3 is 6.18 Å². The summed E-state index contributed by atoms with van der Waals surface area (Å²) in [5.74, 6) is -0.942. The molecule has 4 heterocycles. The van der Waals surface area contributed by atoms with Gasteiger partial charge in [-0.05, 0) is 23.8 Å². The number of hydrazone groups is 1. The first-order valence-electron chi connectivity index (χ1n) is 10.1. The molecule has 174 valence electrons. The second-order valence-electron chi connectivity index (χ2n) is 7.92. The van der Waals surface area contributed by atoms with Crippen molar-refractivity contribution < 1.29 is 18.0 Å². The van der Waals surface area contributed by atoms with Crippen LogP contribution in [0.3, 0.4) is 0 Å². The van der Waals surface area contributed by atoms with Crippen LogP contribution in [0.1, 0.15) is 24.5 Å². The number of hydrogen-bond acceptors (Lipinski definition) is 7. The highest BCUT2D eigenvalue weighted by molar-refractivity contribution is 8.27. The largest absolute Gasteiger partial charge is 0.441 e. The normalized spacial score (nSPS) is 17.7. The molecule has 0 radical (unpaired) electrons. The molecular formula is C21H16F3N7OS2. The van der Waals surface area contributed by atoms with Crippen LogP contribution in [-0.2, 0) is 11.2 Å². The number of nitrogens with zero attached hydrogens (tertiary/aromatic N) is 6. The summed E-state index contributed by atoms with van der Waals surface area (Å²) in [5, 5.41) is 16.6. The number of aromatic nitrogens is 3. The van der Waals surface area contributed by atoms with E-state index in [1.54, 1.807) is 4.52 Å². The number of amidine groups is 2. The van der Waals surface area contributed by atoms with E-state index in [1.165, 1.54) is 17.4 Å². The van der Waals surface area contributed by atoms with Crippen LogP contribution in [0.5, 0.6) is 0 Å². The predicted molar refractivity (Wildman–Crippen MR) is 126 cm³/mol. The molecule has 0 saturated heterocycles. The predicted octanol–water partition coefficient (Wildman–Crippen LogP) is 4.84. The fourth-order valence-electron chi connectivity index (χ4n) is 3.42. The molecule has 0 bridgehead atoms. The first kappa shape index (κ1) is 22.5. The van der Waals surface area contributed by atoms with Crippen molar-refractivity contribution in [1.82, 2.24) is 19.6 Å². The standard InChI is InChI=1S/C21H16F3N7OS2/c1-10(2)8-14-28-30-13(15(26-19(30)33-14)11-6-4-3-5-7-11)9-12-16(25)31-20(27-17(12)32)34-18(29-31)21(22,23)24/h3-7,9-10,25H,8H2,1-2H3/b12-9-,25-16?. The molecule has 2 aromatic heterocycles. The molecule has 0 aliphatic carbocycles. The molecule has 34 heavy (non-hydrogen) atoms. The summed E-state index contributed by atoms with van der Waals surface area (Å²) in [7, 11) is 0. The van der Waals surface area contributed by atoms with Gasteiger partial charge in [-0.3, -0.25) is 10.2 Å². The summed E-state index contributed by atoms with van der Waals surface area (Å²) in [4.78, 5) is 21.8. The quantitative estimate of drug-likeness (QED) is 0.514. The van der Waals surface area contributed by atoms with E-state index in [9.17, 15) is 18.0 Å². The van der Waals surface area contributed by atoms with E-state index >= 15 is 0 Å². The Kier molecular flexibility index (Phi) is 5.40. The number of rotatable bonds is 4. The monoisotopic (exact) mass is 503 g/mol. The van der Waals surface area contributed by atoms with Crippen LogP contribution in [0.25, 0.3) is 22.3 Å². The molecule has 0 atom stereocenters. The minimum Gasteiger partial charge on any atom is -0.282 e. The van der Waals surface area contributed by atoms with Crippen LogP contribution in [0.4, 0.5) is 13.2 Å². The number of halogens is 3. The zero-order valence-corrected chi connectivity index (χ0v) is 19.4. The van der Waals surface area contributed by atoms with Crippen molar-refractivity contribution in [1.29, 1.82) is 5.41 Å². The number of nitrogens with one attached hydrogen (secondary N) is 1. The molecule has 1 amide bonds. The van der Waals surface area contributed by atoms with Gasteiger partial charge in [0.25, 0.3) is 5.91 Å². The van der Waals surface area contributed by atoms with Gasteiger partial charge in [-0.1, -0.05) is 55.5 Å². The van der Waals surface area contributed by atoms with Crippen LogP contribution in [0, 0.1) is 11.3 Å². The van der Waals surface area contributed by atoms with Crippen LogP contribution < -0.4 is 0 Å². The van der Waals surface area contributed by atoms with Crippen molar-refractivity contribution in [3.05, 3.63) is 46.6 Å². The SMILES string of the molecule is CC(C)Cc1nn2c(/C=C3/C(=N)N4N=C(C(F)(F)F)SC4=NC3=O)c(-c3ccccc3)nc2s1. The second-order valence-corrected chi connectivity index (χ2v) is 9.92. The zero-order chi connectivity index (χ0) is 24.2. The Labute approximate surface area is 199 Å². The highest BCUT2D eigenvalue weighted by Gasteiger charge is 2.46. The topological polar surface area (TPSA) is 99.1 Å². The van der Waals surface area contributed by atoms with Crippen LogP contribution in [0.2, 0.25) is 0 Å². The summed E-state index contributed by atoms with van der Waals surface area (Å²) in [5.41, 5.74) is 1.54. The van der Waals surface area contributed by atoms with Gasteiger partial charge in [0.05, 0.1) is 17.0 Å². The first-order valence-corrected chi connectivity index (χ1v) is 11.8. The Balaban J connectivity index is 1.64. The lowest BCUT2D eigenvalue weighted by molar-refractivity contribution is -0.114. The van der Waals surface area contributed by atoms with E-state index in [4.69, 9.17) is 10.4 Å². The van der Waals surface area contributed by atoms with Gasteiger partial charge in [0.1, 0.15) is 5.01 Å². The maximum absolute atomic E-state index is 13.1. The molecule has 1 N–H and O–H groups in total. The van der Waals surface area contributed by atoms with Crippen molar-refractivity contribution in [3.63, 3.8) is 0 Å². The minimum absolute atomic E-state index is 0.200. The van der Waals surface area contributed by atoms with Gasteiger partial charge < -0.3 is 0 Å². The molecule has 0 fully saturated rings. The fraction of sp³-hybridized carbons (Fsp3) is 0.238. The number of hydrogen-bond donors (Lipinski definition) is 1. The zero-order valence-electron chi connectivity index (χ0n) is 17.8. The number of benzene rings is 1. The molecule has 0 spiro atoms. The third-order valence-electron chi connectivity index (χ3n) is 4.89. The summed E-state index contributed by atoms with van der Waals surface area (Å²) >= 11 is 1.64. The van der Waals surface area contributed by atoms with E-state index in [-0.39, 0.29) is 22.5 Å². The Morgan fingerprint density at radius 2 is 1.94 bits per heavy atom. The van der Waals surface area contributed by atoms with Gasteiger partial charge in [0.2, 0.25) is 15.2 Å². The molecule has 2 aliphatic heterocycles. The van der Waals surface area contributed by atoms with Crippen molar-refractivity contribution in [2.24, 2.45) is 16.0 Å². The summed E-state index contributed by atoms with van der Waals surface area (Å²) in [6.45, 7) is 4.15. The molecule has 0 unspecified atom stereocenters. The van der Waals surface area contributed by atoms with E-state index in [0.717, 1.165) is 22.0 Å². The van der Waals surface area contributed by atoms with Gasteiger partial charge in [-0.15, -0.1) is 0 Å². The Bertz CT molecular complexity index is 1420. The van der Waals surface area contributed by atoms with E-state index in [0.29, 0.717) is 22.3 Å². The average molecular weight is 504 g/mol. The van der Waals surface area contributed by atoms with Gasteiger partial charge in [-0.2, -0.15) is 33.4 Å². The summed E-state index contributed by atoms with van der Waals surface area (Å²) in [6.07, 6.45) is -2.56. The lowest BCUT2D eigenvalue weighted by atomic mass is 10.1. The molecular weight excluding hydrogens is 487 g/mol. The number of imidazole rings is 1. The van der Waals surface area contributed by atoms with Gasteiger partial charge in [0.15, 0.2) is 5.84 Å². The Morgan fingerprint density at radius 1 is 1.21 bits per heavy atom. The van der Waals surface area contributed by atoms with Gasteiger partial charge in [0, 0.05) is 12.0 Å². The number of aliphatic imine (C=N–C) groups is 1. The number of fused-ring (bicyclic) bond motifs is 2. The number of amides is 1. The summed E-state index contributed by atoms with van der Waals surface area (Å²) < 4.78 is 40.9. The van der Waals surface area contributed by atoms with Crippen molar-refractivity contribution in [3.8, 4) is 11.3 Å². The van der Waals surface area contributed by atoms with Crippen molar-refractivity contribution in [2.75, 3.05) is 0 Å². The molecule has 5 rings (SSSR count). The molecule has 8 nitrogen and oxygen atoms in total. The van der Waals surface area contributed by atoms with Crippen LogP contribution in [0.15, 0.2) is 46.0 Å². The maximum atomic E-state index is 13.1. The van der Waals surface area contributed by atoms with E-state index in [1.807, 2.05) is 30.3 Å². The first-order chi connectivity index (χ1) is 16.1. The van der Waals surface area contributed by atoms with Crippen molar-refractivity contribution in [2.45, 2.75) is 26.4 Å². The fourth-order valence-corrected chi connectivity index (χ4v) is 5.29. The molecule has 1 aromatic carbocycles. The van der Waals surface area contributed by atoms with E-state index < -0.39 is 23.0 Å². The number of alkyl halides is 3. The maximum Gasteiger partial charge on any atom is 0.441 e. The molecule has 13 heteroatoms. The smallest absolute Gasteiger partial charge is 0.282 e. The number of thioether (sulfide) groups is 1. The average Bonchev–Trinajstić information content (AvgIpc) is 3.44. The number of carbonyl (C=O) groups is 1. The molecule has 2 aliphatic rings. The van der Waals surface area contributed by atoms with Gasteiger partial charge in [-0.25, -0.2) is 9.50 Å². The lowest BCUT2D eigenvalue weighted by Gasteiger charge is -2.20. The summed E-state index contributed by atoms with van der Waals surface area (Å²) in [6, 6.07) is 9.25. The molecule has 0 saturated carbocycles. The minimum atomic E-state index is -4.71. The lowest BCUT2D eigenvalue weighted by Crippen LogP contribution is -2.35. The van der Waals surface area contributed by atoms with Crippen molar-refractivity contribution >= 4 is 56.1 Å². The highest BCUT2D eigenvalue weighted by Crippen LogP contribution is 2.36. The third-order valence-corrected chi connectivity index (χ3v) is 6.77. The Hall–Kier alpha value is -3.32. The second kappa shape index (κ2) is 8.17. The highest BCUT2D eigenvalue weighted by atomic mass is 32.2. The number of carbonyl (C=O) groups excluding carboxylic acids is 1. The molecule has 3 aromatic rings. The van der Waals surface area contributed by atoms with Crippen LogP contribution in [-0.4, -0.2) is 47.7 Å². The Morgan fingerprint density at radius 3 is 2.62 bits per heavy atom. The van der Waals surface area contributed by atoms with Crippen LogP contribution >= 0.6 is 23.1 Å². The third kappa shape index (κ3) is 3.94. The van der Waals surface area contributed by atoms with E-state index in [2.05, 4.69) is 29.0 Å².